The van der Waals surface area contributed by atoms with Gasteiger partial charge in [0.15, 0.2) is 11.0 Å². The van der Waals surface area contributed by atoms with Crippen LogP contribution in [0, 0.1) is 0 Å². The first-order valence-electron chi connectivity index (χ1n) is 8.36. The van der Waals surface area contributed by atoms with E-state index in [1.54, 1.807) is 18.5 Å². The molecule has 0 unspecified atom stereocenters. The molecule has 0 bridgehead atoms. The largest absolute Gasteiger partial charge is 0.418 e. The van der Waals surface area contributed by atoms with Crippen LogP contribution in [0.3, 0.4) is 0 Å². The lowest BCUT2D eigenvalue weighted by atomic mass is 10.1. The Labute approximate surface area is 164 Å². The number of carbonyl (C=O) groups excluding carboxylic acids is 1. The molecule has 2 aromatic carbocycles. The third-order valence-electron chi connectivity index (χ3n) is 4.01. The molecule has 0 aliphatic heterocycles. The molecule has 0 radical (unpaired) electrons. The van der Waals surface area contributed by atoms with Gasteiger partial charge in [0.05, 0.1) is 16.5 Å². The van der Waals surface area contributed by atoms with Crippen LogP contribution in [0.15, 0.2) is 59.8 Å². The van der Waals surface area contributed by atoms with E-state index < -0.39 is 22.9 Å². The highest BCUT2D eigenvalue weighted by Gasteiger charge is 2.34. The Morgan fingerprint density at radius 2 is 1.71 bits per heavy atom. The lowest BCUT2D eigenvalue weighted by Gasteiger charge is -2.16. The highest BCUT2D eigenvalue weighted by Crippen LogP contribution is 2.35. The number of amides is 1. The van der Waals surface area contributed by atoms with Crippen LogP contribution in [0.1, 0.15) is 12.5 Å². The second-order valence-electron chi connectivity index (χ2n) is 6.02. The predicted octanol–water partition coefficient (Wildman–Crippen LogP) is 4.62. The molecule has 0 aliphatic carbocycles. The van der Waals surface area contributed by atoms with Crippen LogP contribution in [0.2, 0.25) is 0 Å². The third kappa shape index (κ3) is 4.36. The summed E-state index contributed by atoms with van der Waals surface area (Å²) in [6, 6.07) is 14.3. The highest BCUT2D eigenvalue weighted by atomic mass is 32.2. The molecule has 9 heteroatoms. The number of alkyl halides is 3. The van der Waals surface area contributed by atoms with Crippen LogP contribution in [-0.2, 0) is 18.0 Å². The SMILES string of the molecule is C[C@H](Sc1nnc(-c2ccccc2)n1C)C(=O)Nc1ccccc1C(F)(F)F. The Balaban J connectivity index is 1.74. The number of halogens is 3. The van der Waals surface area contributed by atoms with Crippen LogP contribution in [-0.4, -0.2) is 25.9 Å². The maximum atomic E-state index is 13.1. The molecule has 5 nitrogen and oxygen atoms in total. The van der Waals surface area contributed by atoms with E-state index in [1.807, 2.05) is 30.3 Å². The molecule has 3 aromatic rings. The van der Waals surface area contributed by atoms with Crippen LogP contribution in [0.4, 0.5) is 18.9 Å². The van der Waals surface area contributed by atoms with Gasteiger partial charge in [0.2, 0.25) is 5.91 Å². The average molecular weight is 406 g/mol. The first-order valence-corrected chi connectivity index (χ1v) is 9.24. The molecule has 1 N–H and O–H groups in total. The smallest absolute Gasteiger partial charge is 0.325 e. The Bertz CT molecular complexity index is 973. The second kappa shape index (κ2) is 8.05. The minimum absolute atomic E-state index is 0.268. The Morgan fingerprint density at radius 3 is 2.39 bits per heavy atom. The van der Waals surface area contributed by atoms with E-state index in [0.29, 0.717) is 11.0 Å². The van der Waals surface area contributed by atoms with Crippen molar-refractivity contribution in [1.29, 1.82) is 0 Å². The third-order valence-corrected chi connectivity index (χ3v) is 5.14. The van der Waals surface area contributed by atoms with Crippen molar-refractivity contribution in [2.24, 2.45) is 7.05 Å². The maximum absolute atomic E-state index is 13.1. The summed E-state index contributed by atoms with van der Waals surface area (Å²) in [4.78, 5) is 12.4. The number of anilines is 1. The molecule has 1 aromatic heterocycles. The van der Waals surface area contributed by atoms with Crippen molar-refractivity contribution in [2.75, 3.05) is 5.32 Å². The zero-order valence-electron chi connectivity index (χ0n) is 15.1. The van der Waals surface area contributed by atoms with Gasteiger partial charge in [0.25, 0.3) is 0 Å². The topological polar surface area (TPSA) is 59.8 Å². The molecule has 28 heavy (non-hydrogen) atoms. The predicted molar refractivity (Wildman–Crippen MR) is 102 cm³/mol. The van der Waals surface area contributed by atoms with Gasteiger partial charge < -0.3 is 9.88 Å². The summed E-state index contributed by atoms with van der Waals surface area (Å²) in [5.41, 5.74) is -0.276. The van der Waals surface area contributed by atoms with Gasteiger partial charge in [-0.3, -0.25) is 4.79 Å². The second-order valence-corrected chi connectivity index (χ2v) is 7.33. The fourth-order valence-corrected chi connectivity index (χ4v) is 3.36. The summed E-state index contributed by atoms with van der Waals surface area (Å²) in [5.74, 6) is 0.0871. The number of carbonyl (C=O) groups is 1. The number of aromatic nitrogens is 3. The molecule has 1 heterocycles. The molecule has 1 atom stereocenters. The Kier molecular flexibility index (Phi) is 5.73. The summed E-state index contributed by atoms with van der Waals surface area (Å²) in [5, 5.41) is 10.4. The number of rotatable bonds is 5. The number of thioether (sulfide) groups is 1. The number of nitrogens with zero attached hydrogens (tertiary/aromatic N) is 3. The highest BCUT2D eigenvalue weighted by molar-refractivity contribution is 8.00. The van der Waals surface area contributed by atoms with Crippen LogP contribution < -0.4 is 5.32 Å². The number of hydrogen-bond acceptors (Lipinski definition) is 4. The Morgan fingerprint density at radius 1 is 1.07 bits per heavy atom. The molecule has 0 saturated carbocycles. The minimum Gasteiger partial charge on any atom is -0.325 e. The molecule has 146 valence electrons. The monoisotopic (exact) mass is 406 g/mol. The fourth-order valence-electron chi connectivity index (χ4n) is 2.54. The van der Waals surface area contributed by atoms with Crippen LogP contribution >= 0.6 is 11.8 Å². The maximum Gasteiger partial charge on any atom is 0.418 e. The van der Waals surface area contributed by atoms with Crippen molar-refractivity contribution in [2.45, 2.75) is 23.5 Å². The van der Waals surface area contributed by atoms with Crippen molar-refractivity contribution >= 4 is 23.4 Å². The van der Waals surface area contributed by atoms with Crippen LogP contribution in [0.25, 0.3) is 11.4 Å². The molecule has 0 spiro atoms. The summed E-state index contributed by atoms with van der Waals surface area (Å²) < 4.78 is 41.0. The zero-order valence-corrected chi connectivity index (χ0v) is 15.9. The zero-order chi connectivity index (χ0) is 20.3. The molecular weight excluding hydrogens is 389 g/mol. The van der Waals surface area contributed by atoms with Gasteiger partial charge in [-0.05, 0) is 19.1 Å². The molecule has 0 fully saturated rings. The number of benzene rings is 2. The lowest BCUT2D eigenvalue weighted by Crippen LogP contribution is -2.24. The number of hydrogen-bond donors (Lipinski definition) is 1. The van der Waals surface area contributed by atoms with Gasteiger partial charge in [-0.2, -0.15) is 13.2 Å². The van der Waals surface area contributed by atoms with Crippen molar-refractivity contribution < 1.29 is 18.0 Å². The first-order chi connectivity index (χ1) is 13.3. The fraction of sp³-hybridized carbons (Fsp3) is 0.211. The molecule has 0 saturated heterocycles. The van der Waals surface area contributed by atoms with E-state index in [-0.39, 0.29) is 5.69 Å². The summed E-state index contributed by atoms with van der Waals surface area (Å²) in [6.45, 7) is 1.60. The van der Waals surface area contributed by atoms with Crippen LogP contribution in [0.5, 0.6) is 0 Å². The van der Waals surface area contributed by atoms with E-state index >= 15 is 0 Å². The van der Waals surface area contributed by atoms with Crippen molar-refractivity contribution in [1.82, 2.24) is 14.8 Å². The summed E-state index contributed by atoms with van der Waals surface area (Å²) in [6.07, 6.45) is -4.55. The van der Waals surface area contributed by atoms with Gasteiger partial charge in [-0.1, -0.05) is 54.2 Å². The standard InChI is InChI=1S/C19H17F3N4OS/c1-12(17(27)23-15-11-7-6-10-14(15)19(20,21)22)28-18-25-24-16(26(18)2)13-8-4-3-5-9-13/h3-12H,1-2H3,(H,23,27)/t12-/m0/s1. The molecule has 3 rings (SSSR count). The van der Waals surface area contributed by atoms with Gasteiger partial charge in [-0.15, -0.1) is 10.2 Å². The normalized spacial score (nSPS) is 12.6. The number of nitrogens with one attached hydrogen (secondary N) is 1. The van der Waals surface area contributed by atoms with Gasteiger partial charge in [0, 0.05) is 12.6 Å². The quantitative estimate of drug-likeness (QED) is 0.628. The van der Waals surface area contributed by atoms with Gasteiger partial charge in [-0.25, -0.2) is 0 Å². The summed E-state index contributed by atoms with van der Waals surface area (Å²) in [7, 11) is 1.77. The van der Waals surface area contributed by atoms with E-state index in [0.717, 1.165) is 23.4 Å². The minimum atomic E-state index is -4.55. The molecule has 1 amide bonds. The van der Waals surface area contributed by atoms with Crippen molar-refractivity contribution in [3.05, 3.63) is 60.2 Å². The Hall–Kier alpha value is -2.81. The van der Waals surface area contributed by atoms with Gasteiger partial charge in [0.1, 0.15) is 0 Å². The number of para-hydroxylation sites is 1. The van der Waals surface area contributed by atoms with E-state index in [2.05, 4.69) is 15.5 Å². The lowest BCUT2D eigenvalue weighted by molar-refractivity contribution is -0.137. The van der Waals surface area contributed by atoms with Crippen molar-refractivity contribution in [3.63, 3.8) is 0 Å². The van der Waals surface area contributed by atoms with Crippen molar-refractivity contribution in [3.8, 4) is 11.4 Å². The first kappa shape index (κ1) is 19.9. The summed E-state index contributed by atoms with van der Waals surface area (Å²) >= 11 is 1.12. The van der Waals surface area contributed by atoms with Gasteiger partial charge >= 0.3 is 6.18 Å². The van der Waals surface area contributed by atoms with E-state index in [9.17, 15) is 18.0 Å². The molecule has 0 aliphatic rings. The molecular formula is C19H17F3N4OS. The van der Waals surface area contributed by atoms with E-state index in [4.69, 9.17) is 0 Å². The van der Waals surface area contributed by atoms with E-state index in [1.165, 1.54) is 18.2 Å². The average Bonchev–Trinajstić information content (AvgIpc) is 3.02.